The summed E-state index contributed by atoms with van der Waals surface area (Å²) in [6.45, 7) is 0.0559. The van der Waals surface area contributed by atoms with Crippen molar-refractivity contribution in [1.29, 1.82) is 0 Å². The molecule has 0 aromatic heterocycles. The Kier molecular flexibility index (Phi) is 2.87. The van der Waals surface area contributed by atoms with Crippen LogP contribution in [0.15, 0.2) is 22.2 Å². The fourth-order valence-corrected chi connectivity index (χ4v) is 1.96. The third kappa shape index (κ3) is 1.90. The van der Waals surface area contributed by atoms with Gasteiger partial charge in [-0.25, -0.2) is 4.79 Å². The van der Waals surface area contributed by atoms with Crippen LogP contribution in [0.4, 0.5) is 0 Å². The second-order valence-corrected chi connectivity index (χ2v) is 4.21. The Hall–Kier alpha value is -1.49. The predicted molar refractivity (Wildman–Crippen MR) is 61.8 cm³/mol. The number of methoxy groups -OCH3 is 1. The van der Waals surface area contributed by atoms with E-state index in [9.17, 15) is 4.79 Å². The molecule has 0 aliphatic carbocycles. The van der Waals surface area contributed by atoms with Gasteiger partial charge in [0.1, 0.15) is 6.61 Å². The minimum Gasteiger partial charge on any atom is -0.493 e. The van der Waals surface area contributed by atoms with Crippen molar-refractivity contribution >= 4 is 28.0 Å². The van der Waals surface area contributed by atoms with E-state index in [0.717, 1.165) is 4.47 Å². The highest BCUT2D eigenvalue weighted by Crippen LogP contribution is 2.38. The smallest absolute Gasteiger partial charge is 0.335 e. The lowest BCUT2D eigenvalue weighted by molar-refractivity contribution is -0.132. The molecule has 1 aliphatic heterocycles. The molecule has 1 aromatic rings. The zero-order valence-corrected chi connectivity index (χ0v) is 10.1. The molecule has 1 aromatic carbocycles. The Morgan fingerprint density at radius 3 is 2.94 bits per heavy atom. The highest BCUT2D eigenvalue weighted by atomic mass is 79.9. The summed E-state index contributed by atoms with van der Waals surface area (Å²) in [7, 11) is 1.54. The number of ether oxygens (including phenoxy) is 2. The molecule has 1 aliphatic rings. The van der Waals surface area contributed by atoms with E-state index in [1.54, 1.807) is 25.3 Å². The first-order valence-electron chi connectivity index (χ1n) is 4.56. The van der Waals surface area contributed by atoms with E-state index in [1.807, 2.05) is 0 Å². The molecule has 0 unspecified atom stereocenters. The molecule has 0 radical (unpaired) electrons. The molecule has 16 heavy (non-hydrogen) atoms. The largest absolute Gasteiger partial charge is 0.493 e. The van der Waals surface area contributed by atoms with E-state index in [4.69, 9.17) is 14.6 Å². The number of aliphatic carboxylic acids is 1. The summed E-state index contributed by atoms with van der Waals surface area (Å²) in [6, 6.07) is 3.57. The average Bonchev–Trinajstić information content (AvgIpc) is 2.26. The molecule has 5 heteroatoms. The third-order valence-corrected chi connectivity index (χ3v) is 2.70. The Morgan fingerprint density at radius 1 is 1.56 bits per heavy atom. The van der Waals surface area contributed by atoms with Crippen molar-refractivity contribution in [3.63, 3.8) is 0 Å². The molecule has 2 rings (SSSR count). The van der Waals surface area contributed by atoms with Gasteiger partial charge in [-0.05, 0) is 18.2 Å². The summed E-state index contributed by atoms with van der Waals surface area (Å²) in [5, 5.41) is 8.87. The SMILES string of the molecule is COc1cc(Br)cc2c1OCC(C(=O)O)=C2. The quantitative estimate of drug-likeness (QED) is 0.906. The van der Waals surface area contributed by atoms with E-state index < -0.39 is 5.97 Å². The first-order valence-corrected chi connectivity index (χ1v) is 5.35. The van der Waals surface area contributed by atoms with E-state index >= 15 is 0 Å². The maximum Gasteiger partial charge on any atom is 0.335 e. The molecular formula is C11H9BrO4. The summed E-state index contributed by atoms with van der Waals surface area (Å²) in [5.41, 5.74) is 0.933. The second kappa shape index (κ2) is 4.17. The van der Waals surface area contributed by atoms with Crippen molar-refractivity contribution in [2.45, 2.75) is 0 Å². The highest BCUT2D eigenvalue weighted by Gasteiger charge is 2.20. The Balaban J connectivity index is 2.54. The van der Waals surface area contributed by atoms with Crippen LogP contribution in [0.25, 0.3) is 6.08 Å². The number of halogens is 1. The van der Waals surface area contributed by atoms with Gasteiger partial charge in [-0.2, -0.15) is 0 Å². The van der Waals surface area contributed by atoms with Crippen LogP contribution in [-0.2, 0) is 4.79 Å². The maximum atomic E-state index is 10.8. The van der Waals surface area contributed by atoms with Crippen LogP contribution in [0, 0.1) is 0 Å². The maximum absolute atomic E-state index is 10.8. The number of carboxylic acids is 1. The number of fused-ring (bicyclic) bond motifs is 1. The van der Waals surface area contributed by atoms with Crippen molar-refractivity contribution < 1.29 is 19.4 Å². The molecule has 4 nitrogen and oxygen atoms in total. The summed E-state index contributed by atoms with van der Waals surface area (Å²) in [6.07, 6.45) is 1.59. The van der Waals surface area contributed by atoms with Crippen molar-refractivity contribution in [1.82, 2.24) is 0 Å². The van der Waals surface area contributed by atoms with Gasteiger partial charge in [0.05, 0.1) is 12.7 Å². The van der Waals surface area contributed by atoms with Crippen LogP contribution < -0.4 is 9.47 Å². The van der Waals surface area contributed by atoms with Gasteiger partial charge >= 0.3 is 5.97 Å². The number of hydrogen-bond acceptors (Lipinski definition) is 3. The number of rotatable bonds is 2. The van der Waals surface area contributed by atoms with E-state index in [2.05, 4.69) is 15.9 Å². The van der Waals surface area contributed by atoms with Crippen molar-refractivity contribution in [2.75, 3.05) is 13.7 Å². The lowest BCUT2D eigenvalue weighted by Crippen LogP contribution is -2.14. The van der Waals surface area contributed by atoms with Gasteiger partial charge in [0.25, 0.3) is 0 Å². The Morgan fingerprint density at radius 2 is 2.31 bits per heavy atom. The molecule has 0 spiro atoms. The van der Waals surface area contributed by atoms with Crippen LogP contribution in [-0.4, -0.2) is 24.8 Å². The van der Waals surface area contributed by atoms with E-state index in [-0.39, 0.29) is 12.2 Å². The molecule has 0 atom stereocenters. The van der Waals surface area contributed by atoms with E-state index in [0.29, 0.717) is 17.1 Å². The Bertz CT molecular complexity index is 479. The van der Waals surface area contributed by atoms with Crippen molar-refractivity contribution in [3.05, 3.63) is 27.7 Å². The predicted octanol–water partition coefficient (Wildman–Crippen LogP) is 2.32. The number of benzene rings is 1. The molecule has 1 heterocycles. The lowest BCUT2D eigenvalue weighted by Gasteiger charge is -2.18. The summed E-state index contributed by atoms with van der Waals surface area (Å²) in [4.78, 5) is 10.8. The van der Waals surface area contributed by atoms with Gasteiger partial charge < -0.3 is 14.6 Å². The number of carbonyl (C=O) groups is 1. The van der Waals surface area contributed by atoms with Crippen molar-refractivity contribution in [3.8, 4) is 11.5 Å². The Labute approximate surface area is 101 Å². The second-order valence-electron chi connectivity index (χ2n) is 3.29. The van der Waals surface area contributed by atoms with Gasteiger partial charge in [-0.3, -0.25) is 0 Å². The van der Waals surface area contributed by atoms with Crippen molar-refractivity contribution in [2.24, 2.45) is 0 Å². The van der Waals surface area contributed by atoms with Crippen LogP contribution in [0.5, 0.6) is 11.5 Å². The van der Waals surface area contributed by atoms with Gasteiger partial charge in [-0.1, -0.05) is 15.9 Å². The van der Waals surface area contributed by atoms with Crippen LogP contribution >= 0.6 is 15.9 Å². The molecule has 0 bridgehead atoms. The zero-order valence-electron chi connectivity index (χ0n) is 8.49. The van der Waals surface area contributed by atoms with E-state index in [1.165, 1.54) is 0 Å². The lowest BCUT2D eigenvalue weighted by atomic mass is 10.1. The third-order valence-electron chi connectivity index (χ3n) is 2.24. The molecule has 0 saturated carbocycles. The minimum absolute atomic E-state index is 0.0559. The standard InChI is InChI=1S/C11H9BrO4/c1-15-9-4-8(12)3-6-2-7(11(13)14)5-16-10(6)9/h2-4H,5H2,1H3,(H,13,14). The number of hydrogen-bond donors (Lipinski definition) is 1. The first-order chi connectivity index (χ1) is 7.61. The fraction of sp³-hybridized carbons (Fsp3) is 0.182. The molecule has 0 amide bonds. The van der Waals surface area contributed by atoms with Gasteiger partial charge in [0, 0.05) is 10.0 Å². The van der Waals surface area contributed by atoms with Gasteiger partial charge in [0.2, 0.25) is 0 Å². The monoisotopic (exact) mass is 284 g/mol. The minimum atomic E-state index is -0.968. The van der Waals surface area contributed by atoms with Crippen LogP contribution in [0.2, 0.25) is 0 Å². The average molecular weight is 285 g/mol. The summed E-state index contributed by atoms with van der Waals surface area (Å²) >= 11 is 3.33. The normalized spacial score (nSPS) is 13.5. The van der Waals surface area contributed by atoms with Gasteiger partial charge in [-0.15, -0.1) is 0 Å². The fourth-order valence-electron chi connectivity index (χ4n) is 1.50. The van der Waals surface area contributed by atoms with Crippen LogP contribution in [0.1, 0.15) is 5.56 Å². The molecule has 0 saturated heterocycles. The van der Waals surface area contributed by atoms with Gasteiger partial charge in [0.15, 0.2) is 11.5 Å². The first kappa shape index (κ1) is 11.0. The summed E-state index contributed by atoms with van der Waals surface area (Å²) in [5.74, 6) is 0.199. The highest BCUT2D eigenvalue weighted by molar-refractivity contribution is 9.10. The van der Waals surface area contributed by atoms with Crippen LogP contribution in [0.3, 0.4) is 0 Å². The number of carboxylic acid groups (broad SMARTS) is 1. The molecule has 1 N–H and O–H groups in total. The molecule has 0 fully saturated rings. The summed E-state index contributed by atoms with van der Waals surface area (Å²) < 4.78 is 11.4. The molecular weight excluding hydrogens is 276 g/mol. The topological polar surface area (TPSA) is 55.8 Å². The molecule has 84 valence electrons. The zero-order chi connectivity index (χ0) is 11.7.